The van der Waals surface area contributed by atoms with Crippen LogP contribution in [0.25, 0.3) is 86.2 Å². The molecule has 12 aromatic carbocycles. The van der Waals surface area contributed by atoms with Crippen LogP contribution in [0.2, 0.25) is 0 Å². The lowest BCUT2D eigenvalue weighted by molar-refractivity contribution is 0.447. The summed E-state index contributed by atoms with van der Waals surface area (Å²) >= 11 is 1.87. The van der Waals surface area contributed by atoms with Gasteiger partial charge in [-0.3, -0.25) is 0 Å². The molecule has 1 spiro atoms. The van der Waals surface area contributed by atoms with E-state index in [4.69, 9.17) is 4.74 Å². The van der Waals surface area contributed by atoms with Crippen LogP contribution >= 0.6 is 11.3 Å². The minimum Gasteiger partial charge on any atom is -0.455 e. The lowest BCUT2D eigenvalue weighted by atomic mass is 9.65. The van der Waals surface area contributed by atoms with Gasteiger partial charge < -0.3 is 9.64 Å². The van der Waals surface area contributed by atoms with Gasteiger partial charge in [0.05, 0.1) is 11.1 Å². The average molecular weight is 934 g/mol. The highest BCUT2D eigenvalue weighted by atomic mass is 32.1. The number of anilines is 3. The summed E-state index contributed by atoms with van der Waals surface area (Å²) < 4.78 is 9.87. The fourth-order valence-corrected chi connectivity index (χ4v) is 13.4. The number of nitrogens with zero attached hydrogens (tertiary/aromatic N) is 1. The monoisotopic (exact) mass is 933 g/mol. The highest BCUT2D eigenvalue weighted by Gasteiger charge is 2.52. The Kier molecular flexibility index (Phi) is 9.08. The van der Waals surface area contributed by atoms with Crippen LogP contribution in [0.3, 0.4) is 0 Å². The number of hydrogen-bond donors (Lipinski definition) is 0. The third-order valence-electron chi connectivity index (χ3n) is 15.3. The first kappa shape index (κ1) is 40.8. The van der Waals surface area contributed by atoms with Crippen LogP contribution in [0.5, 0.6) is 11.5 Å². The third-order valence-corrected chi connectivity index (χ3v) is 16.6. The fraction of sp³-hybridized carbons (Fsp3) is 0.0145. The highest BCUT2D eigenvalue weighted by molar-refractivity contribution is 7.26. The lowest BCUT2D eigenvalue weighted by Crippen LogP contribution is -2.32. The zero-order valence-corrected chi connectivity index (χ0v) is 39.9. The molecule has 0 N–H and O–H groups in total. The Bertz CT molecular complexity index is 4220. The van der Waals surface area contributed by atoms with Gasteiger partial charge in [-0.15, -0.1) is 11.3 Å². The van der Waals surface area contributed by atoms with Crippen molar-refractivity contribution in [2.24, 2.45) is 0 Å². The molecular weight excluding hydrogens is 891 g/mol. The molecule has 1 aliphatic heterocycles. The number of thiophene rings is 1. The van der Waals surface area contributed by atoms with Gasteiger partial charge in [-0.1, -0.05) is 224 Å². The standard InChI is InChI=1S/C69H43NOS/c1-2-16-44(17-3-1)51-20-9-12-30-63(51)70(50-40-34-48(35-41-50)55-26-14-27-57-56-23-10-13-31-64(56)72-68(55)57)49-38-32-47(33-39-49)52-25-15-29-60-65(52)58-24-8-11-28-59(58)69(60)61-42-36-45-18-4-6-21-53(45)66(61)71-67-54-22-7-5-19-46(54)37-43-62(67)69/h1-43H. The van der Waals surface area contributed by atoms with Crippen LogP contribution in [0.4, 0.5) is 17.1 Å². The Labute approximate surface area is 421 Å². The van der Waals surface area contributed by atoms with Crippen molar-refractivity contribution in [3.63, 3.8) is 0 Å². The van der Waals surface area contributed by atoms with E-state index in [2.05, 4.69) is 266 Å². The van der Waals surface area contributed by atoms with E-state index in [9.17, 15) is 0 Å². The molecule has 15 rings (SSSR count). The summed E-state index contributed by atoms with van der Waals surface area (Å²) in [5, 5.41) is 7.18. The zero-order valence-electron chi connectivity index (χ0n) is 39.1. The van der Waals surface area contributed by atoms with Gasteiger partial charge in [0.2, 0.25) is 0 Å². The number of rotatable bonds is 6. The quantitative estimate of drug-likeness (QED) is 0.165. The molecule has 1 aliphatic carbocycles. The molecular formula is C69H43NOS. The number of hydrogen-bond acceptors (Lipinski definition) is 3. The Morgan fingerprint density at radius 3 is 1.53 bits per heavy atom. The summed E-state index contributed by atoms with van der Waals surface area (Å²) in [6.45, 7) is 0. The number of benzene rings is 12. The smallest absolute Gasteiger partial charge is 0.140 e. The summed E-state index contributed by atoms with van der Waals surface area (Å²) in [6.07, 6.45) is 0. The second-order valence-electron chi connectivity index (χ2n) is 19.0. The van der Waals surface area contributed by atoms with Gasteiger partial charge in [0.25, 0.3) is 0 Å². The molecule has 2 nitrogen and oxygen atoms in total. The van der Waals surface area contributed by atoms with Crippen LogP contribution < -0.4 is 9.64 Å². The minimum absolute atomic E-state index is 0.620. The van der Waals surface area contributed by atoms with Crippen molar-refractivity contribution in [1.29, 1.82) is 0 Å². The average Bonchev–Trinajstić information content (AvgIpc) is 3.98. The van der Waals surface area contributed by atoms with Crippen molar-refractivity contribution in [3.8, 4) is 56.0 Å². The van der Waals surface area contributed by atoms with Crippen LogP contribution in [0, 0.1) is 0 Å². The van der Waals surface area contributed by atoms with Gasteiger partial charge in [0, 0.05) is 59.0 Å². The molecule has 2 heterocycles. The van der Waals surface area contributed by atoms with Crippen LogP contribution in [0.1, 0.15) is 22.3 Å². The predicted molar refractivity (Wildman–Crippen MR) is 303 cm³/mol. The molecule has 1 aromatic heterocycles. The SMILES string of the molecule is c1ccc(-c2ccccc2N(c2ccc(-c3cccc4c3-c3ccccc3C43c4ccc5ccccc5c4Oc4c3ccc3ccccc43)cc2)c2ccc(-c3cccc4c3sc3ccccc34)cc2)cc1. The molecule has 336 valence electrons. The van der Waals surface area contributed by atoms with Crippen molar-refractivity contribution >= 4 is 70.1 Å². The van der Waals surface area contributed by atoms with Crippen molar-refractivity contribution in [3.05, 3.63) is 283 Å². The molecule has 0 bridgehead atoms. The van der Waals surface area contributed by atoms with E-state index in [0.29, 0.717) is 0 Å². The predicted octanol–water partition coefficient (Wildman–Crippen LogP) is 19.3. The van der Waals surface area contributed by atoms with Crippen molar-refractivity contribution in [2.75, 3.05) is 4.90 Å². The van der Waals surface area contributed by atoms with Gasteiger partial charge in [-0.05, 0) is 97.2 Å². The summed E-state index contributed by atoms with van der Waals surface area (Å²) in [4.78, 5) is 2.42. The van der Waals surface area contributed by atoms with Crippen LogP contribution in [-0.4, -0.2) is 0 Å². The van der Waals surface area contributed by atoms with E-state index in [-0.39, 0.29) is 0 Å². The van der Waals surface area contributed by atoms with E-state index in [1.54, 1.807) is 0 Å². The second kappa shape index (κ2) is 16.0. The molecule has 0 fully saturated rings. The number of para-hydroxylation sites is 1. The molecule has 0 unspecified atom stereocenters. The molecule has 0 atom stereocenters. The Morgan fingerprint density at radius 2 is 0.819 bits per heavy atom. The largest absolute Gasteiger partial charge is 0.455 e. The molecule has 13 aromatic rings. The van der Waals surface area contributed by atoms with E-state index in [0.717, 1.165) is 55.7 Å². The third kappa shape index (κ3) is 5.95. The first-order valence-corrected chi connectivity index (χ1v) is 25.6. The topological polar surface area (TPSA) is 12.5 Å². The Morgan fingerprint density at radius 1 is 0.319 bits per heavy atom. The highest BCUT2D eigenvalue weighted by Crippen LogP contribution is 2.65. The van der Waals surface area contributed by atoms with Gasteiger partial charge >= 0.3 is 0 Å². The van der Waals surface area contributed by atoms with E-state index in [1.807, 2.05) is 11.3 Å². The second-order valence-corrected chi connectivity index (χ2v) is 20.1. The maximum atomic E-state index is 7.23. The van der Waals surface area contributed by atoms with Gasteiger partial charge in [0.15, 0.2) is 0 Å². The molecule has 0 amide bonds. The first-order valence-electron chi connectivity index (χ1n) is 24.7. The fourth-order valence-electron chi connectivity index (χ4n) is 12.2. The number of ether oxygens (including phenoxy) is 1. The van der Waals surface area contributed by atoms with Crippen LogP contribution in [-0.2, 0) is 5.41 Å². The Balaban J connectivity index is 0.898. The first-order chi connectivity index (χ1) is 35.7. The van der Waals surface area contributed by atoms with Crippen molar-refractivity contribution < 1.29 is 4.74 Å². The van der Waals surface area contributed by atoms with E-state index >= 15 is 0 Å². The van der Waals surface area contributed by atoms with Crippen LogP contribution in [0.15, 0.2) is 261 Å². The summed E-state index contributed by atoms with van der Waals surface area (Å²) in [6, 6.07) is 95.8. The van der Waals surface area contributed by atoms with E-state index in [1.165, 1.54) is 81.4 Å². The molecule has 72 heavy (non-hydrogen) atoms. The van der Waals surface area contributed by atoms with Crippen molar-refractivity contribution in [1.82, 2.24) is 0 Å². The molecule has 2 aliphatic rings. The molecule has 3 heteroatoms. The minimum atomic E-state index is -0.620. The number of fused-ring (bicyclic) bond motifs is 16. The molecule has 0 saturated heterocycles. The summed E-state index contributed by atoms with van der Waals surface area (Å²) in [5.74, 6) is 1.85. The Hall–Kier alpha value is -9.02. The maximum absolute atomic E-state index is 7.23. The lowest BCUT2D eigenvalue weighted by Gasteiger charge is -2.40. The molecule has 0 saturated carbocycles. The molecule has 0 radical (unpaired) electrons. The van der Waals surface area contributed by atoms with E-state index < -0.39 is 5.41 Å². The van der Waals surface area contributed by atoms with Gasteiger partial charge in [-0.25, -0.2) is 0 Å². The summed E-state index contributed by atoms with van der Waals surface area (Å²) in [5.41, 5.74) is 17.2. The van der Waals surface area contributed by atoms with Gasteiger partial charge in [-0.2, -0.15) is 0 Å². The van der Waals surface area contributed by atoms with Crippen molar-refractivity contribution in [2.45, 2.75) is 5.41 Å². The zero-order chi connectivity index (χ0) is 47.3. The maximum Gasteiger partial charge on any atom is 0.140 e. The normalized spacial score (nSPS) is 12.9. The summed E-state index contributed by atoms with van der Waals surface area (Å²) in [7, 11) is 0. The van der Waals surface area contributed by atoms with Gasteiger partial charge in [0.1, 0.15) is 11.5 Å².